The molecule has 236 valence electrons. The van der Waals surface area contributed by atoms with Crippen molar-refractivity contribution in [3.63, 3.8) is 0 Å². The standard InChI is InChI=1S/C29H33F3N12O/c1-40-8-10-41(11-9-40)7-5-35-27-38-24-12-23(20-13-33-4-2-22(20)29(30,31)32)36-14-21(24)26(39-27)42-6-3-25-19(15-42)16-43(25)28(45)44-18-34-17-37-44/h2,4,12-14,17-19,25H,3,5-11,15-16H2,1H3,(H,35,38,39). The molecule has 3 saturated heterocycles. The summed E-state index contributed by atoms with van der Waals surface area (Å²) in [5.74, 6) is 1.31. The molecule has 1 N–H and O–H groups in total. The van der Waals surface area contributed by atoms with Crippen LogP contribution in [0.1, 0.15) is 12.0 Å². The normalized spacial score (nSPS) is 21.1. The van der Waals surface area contributed by atoms with Crippen LogP contribution in [-0.2, 0) is 6.18 Å². The molecule has 3 fully saturated rings. The molecule has 3 aliphatic rings. The number of hydrogen-bond donors (Lipinski definition) is 1. The predicted octanol–water partition coefficient (Wildman–Crippen LogP) is 2.54. The van der Waals surface area contributed by atoms with Gasteiger partial charge in [-0.25, -0.2) is 14.8 Å². The summed E-state index contributed by atoms with van der Waals surface area (Å²) in [5.41, 5.74) is -0.288. The zero-order chi connectivity index (χ0) is 31.1. The maximum absolute atomic E-state index is 13.8. The third-order valence-electron chi connectivity index (χ3n) is 8.96. The summed E-state index contributed by atoms with van der Waals surface area (Å²) < 4.78 is 42.7. The zero-order valence-electron chi connectivity index (χ0n) is 24.7. The highest BCUT2D eigenvalue weighted by atomic mass is 19.4. The molecule has 2 unspecified atom stereocenters. The first-order chi connectivity index (χ1) is 21.7. The number of alkyl halides is 3. The van der Waals surface area contributed by atoms with Crippen LogP contribution in [0.5, 0.6) is 0 Å². The van der Waals surface area contributed by atoms with Gasteiger partial charge in [0.1, 0.15) is 18.5 Å². The molecule has 2 atom stereocenters. The second-order valence-corrected chi connectivity index (χ2v) is 11.8. The number of halogens is 3. The molecule has 0 saturated carbocycles. The Labute approximate surface area is 257 Å². The van der Waals surface area contributed by atoms with Gasteiger partial charge in [-0.15, -0.1) is 0 Å². The number of hydrogen-bond acceptors (Lipinski definition) is 11. The molecule has 0 aliphatic carbocycles. The van der Waals surface area contributed by atoms with Gasteiger partial charge >= 0.3 is 12.2 Å². The average Bonchev–Trinajstić information content (AvgIpc) is 3.57. The molecule has 4 aromatic heterocycles. The number of piperazine rings is 1. The number of piperidine rings is 1. The van der Waals surface area contributed by atoms with Crippen molar-refractivity contribution in [1.82, 2.24) is 49.4 Å². The van der Waals surface area contributed by atoms with E-state index in [-0.39, 0.29) is 29.2 Å². The molecular weight excluding hydrogens is 589 g/mol. The van der Waals surface area contributed by atoms with E-state index in [1.165, 1.54) is 23.5 Å². The molecular formula is C29H33F3N12O. The Bertz CT molecular complexity index is 1680. The van der Waals surface area contributed by atoms with Crippen LogP contribution in [0.4, 0.5) is 29.7 Å². The van der Waals surface area contributed by atoms with Crippen LogP contribution >= 0.6 is 0 Å². The fourth-order valence-corrected chi connectivity index (χ4v) is 6.43. The molecule has 0 radical (unpaired) electrons. The van der Waals surface area contributed by atoms with Gasteiger partial charge in [0.15, 0.2) is 0 Å². The van der Waals surface area contributed by atoms with Crippen molar-refractivity contribution in [3.05, 3.63) is 48.9 Å². The first kappa shape index (κ1) is 29.3. The van der Waals surface area contributed by atoms with E-state index >= 15 is 0 Å². The average molecular weight is 623 g/mol. The maximum Gasteiger partial charge on any atom is 0.417 e. The third-order valence-corrected chi connectivity index (χ3v) is 8.96. The Morgan fingerprint density at radius 3 is 2.67 bits per heavy atom. The summed E-state index contributed by atoms with van der Waals surface area (Å²) in [6.07, 6.45) is 2.78. The number of amides is 1. The SMILES string of the molecule is CN1CCN(CCNc2nc(N3CCC4C(C3)CN4C(=O)n3cncn3)c3cnc(-c4cnccc4C(F)(F)F)cc3n2)CC1. The van der Waals surface area contributed by atoms with Gasteiger partial charge in [-0.3, -0.25) is 14.9 Å². The second kappa shape index (κ2) is 11.8. The number of nitrogens with zero attached hydrogens (tertiary/aromatic N) is 11. The molecule has 4 aromatic rings. The minimum Gasteiger partial charge on any atom is -0.355 e. The highest BCUT2D eigenvalue weighted by Gasteiger charge is 2.46. The number of nitrogens with one attached hydrogen (secondary N) is 1. The largest absolute Gasteiger partial charge is 0.417 e. The van der Waals surface area contributed by atoms with Gasteiger partial charge in [0, 0.05) is 95.0 Å². The Hall–Kier alpha value is -4.44. The van der Waals surface area contributed by atoms with Gasteiger partial charge in [-0.2, -0.15) is 27.9 Å². The first-order valence-electron chi connectivity index (χ1n) is 15.0. The highest BCUT2D eigenvalue weighted by molar-refractivity contribution is 5.92. The third kappa shape index (κ3) is 5.86. The topological polar surface area (TPSA) is 124 Å². The number of pyridine rings is 2. The van der Waals surface area contributed by atoms with Gasteiger partial charge in [0.25, 0.3) is 0 Å². The van der Waals surface area contributed by atoms with E-state index in [2.05, 4.69) is 47.1 Å². The van der Waals surface area contributed by atoms with Crippen molar-refractivity contribution in [2.75, 3.05) is 76.2 Å². The van der Waals surface area contributed by atoms with Crippen LogP contribution < -0.4 is 10.2 Å². The smallest absolute Gasteiger partial charge is 0.355 e. The molecule has 45 heavy (non-hydrogen) atoms. The predicted molar refractivity (Wildman–Crippen MR) is 160 cm³/mol. The summed E-state index contributed by atoms with van der Waals surface area (Å²) in [7, 11) is 2.12. The van der Waals surface area contributed by atoms with Crippen molar-refractivity contribution in [1.29, 1.82) is 0 Å². The van der Waals surface area contributed by atoms with Gasteiger partial charge in [-0.05, 0) is 25.6 Å². The van der Waals surface area contributed by atoms with E-state index in [0.29, 0.717) is 48.8 Å². The molecule has 13 nitrogen and oxygen atoms in total. The molecule has 7 heterocycles. The van der Waals surface area contributed by atoms with Crippen molar-refractivity contribution in [3.8, 4) is 11.3 Å². The lowest BCUT2D eigenvalue weighted by Gasteiger charge is -2.53. The van der Waals surface area contributed by atoms with Crippen molar-refractivity contribution >= 4 is 28.7 Å². The number of likely N-dealkylation sites (tertiary alicyclic amines) is 1. The van der Waals surface area contributed by atoms with Crippen LogP contribution in [0.15, 0.2) is 43.4 Å². The summed E-state index contributed by atoms with van der Waals surface area (Å²) in [6, 6.07) is 2.43. The Morgan fingerprint density at radius 1 is 1.07 bits per heavy atom. The van der Waals surface area contributed by atoms with Gasteiger partial charge in [0.05, 0.1) is 22.2 Å². The molecule has 16 heteroatoms. The second-order valence-electron chi connectivity index (χ2n) is 11.8. The maximum atomic E-state index is 13.8. The minimum atomic E-state index is -4.56. The van der Waals surface area contributed by atoms with Crippen molar-refractivity contribution in [2.24, 2.45) is 5.92 Å². The quantitative estimate of drug-likeness (QED) is 0.341. The van der Waals surface area contributed by atoms with E-state index < -0.39 is 11.7 Å². The van der Waals surface area contributed by atoms with Crippen LogP contribution in [0, 0.1) is 5.92 Å². The number of carbonyl (C=O) groups excluding carboxylic acids is 1. The first-order valence-corrected chi connectivity index (χ1v) is 15.0. The number of rotatable bonds is 6. The number of anilines is 2. The van der Waals surface area contributed by atoms with Gasteiger partial charge in [-0.1, -0.05) is 0 Å². The summed E-state index contributed by atoms with van der Waals surface area (Å²) in [5, 5.41) is 7.97. The zero-order valence-corrected chi connectivity index (χ0v) is 24.7. The van der Waals surface area contributed by atoms with Crippen LogP contribution in [0.25, 0.3) is 22.2 Å². The van der Waals surface area contributed by atoms with E-state index in [0.717, 1.165) is 51.4 Å². The van der Waals surface area contributed by atoms with Crippen molar-refractivity contribution in [2.45, 2.75) is 18.6 Å². The monoisotopic (exact) mass is 622 g/mol. The lowest BCUT2D eigenvalue weighted by Crippen LogP contribution is -2.65. The van der Waals surface area contributed by atoms with Gasteiger partial charge in [0.2, 0.25) is 5.95 Å². The molecule has 3 aliphatic heterocycles. The Morgan fingerprint density at radius 2 is 1.91 bits per heavy atom. The van der Waals surface area contributed by atoms with E-state index in [4.69, 9.17) is 9.97 Å². The van der Waals surface area contributed by atoms with E-state index in [1.54, 1.807) is 12.3 Å². The molecule has 0 bridgehead atoms. The summed E-state index contributed by atoms with van der Waals surface area (Å²) >= 11 is 0. The van der Waals surface area contributed by atoms with Crippen LogP contribution in [0.2, 0.25) is 0 Å². The summed E-state index contributed by atoms with van der Waals surface area (Å²) in [6.45, 7) is 7.32. The molecule has 0 spiro atoms. The summed E-state index contributed by atoms with van der Waals surface area (Å²) in [4.78, 5) is 43.4. The number of carbonyl (C=O) groups is 1. The van der Waals surface area contributed by atoms with Crippen molar-refractivity contribution < 1.29 is 18.0 Å². The molecule has 1 amide bonds. The van der Waals surface area contributed by atoms with E-state index in [1.807, 2.05) is 4.90 Å². The van der Waals surface area contributed by atoms with E-state index in [9.17, 15) is 18.0 Å². The lowest BCUT2D eigenvalue weighted by atomic mass is 9.83. The number of aromatic nitrogens is 7. The minimum absolute atomic E-state index is 0.0864. The fourth-order valence-electron chi connectivity index (χ4n) is 6.43. The lowest BCUT2D eigenvalue weighted by molar-refractivity contribution is -0.137. The number of likely N-dealkylation sites (N-methyl/N-ethyl adjacent to an activating group) is 1. The number of fused-ring (bicyclic) bond motifs is 2. The molecule has 7 rings (SSSR count). The van der Waals surface area contributed by atoms with Crippen LogP contribution in [0.3, 0.4) is 0 Å². The fraction of sp³-hybridized carbons (Fsp3) is 0.483. The molecule has 0 aromatic carbocycles. The van der Waals surface area contributed by atoms with Crippen LogP contribution in [-0.4, -0.2) is 127 Å². The van der Waals surface area contributed by atoms with Gasteiger partial charge < -0.3 is 20.0 Å². The Kier molecular flexibility index (Phi) is 7.69. The Balaban J connectivity index is 1.16. The highest BCUT2D eigenvalue weighted by Crippen LogP contribution is 2.39.